The molecule has 2 unspecified atom stereocenters. The molecule has 0 radical (unpaired) electrons. The maximum atomic E-state index is 9.83. The summed E-state index contributed by atoms with van der Waals surface area (Å²) in [6, 6.07) is 0. The molecule has 0 aromatic heterocycles. The van der Waals surface area contributed by atoms with Crippen LogP contribution in [0.5, 0.6) is 0 Å². The molecule has 0 aliphatic rings. The molecule has 0 aromatic carbocycles. The van der Waals surface area contributed by atoms with Crippen molar-refractivity contribution in [2.75, 3.05) is 5.88 Å². The summed E-state index contributed by atoms with van der Waals surface area (Å²) in [7, 11) is 0. The van der Waals surface area contributed by atoms with Gasteiger partial charge in [-0.2, -0.15) is 0 Å². The van der Waals surface area contributed by atoms with Gasteiger partial charge in [0.15, 0.2) is 0 Å². The molecular weight excluding hydrogens is 367 g/mol. The fourth-order valence-corrected chi connectivity index (χ4v) is 1.61. The first-order chi connectivity index (χ1) is 6.85. The lowest BCUT2D eigenvalue weighted by Crippen LogP contribution is -2.34. The summed E-state index contributed by atoms with van der Waals surface area (Å²) in [5.41, 5.74) is 0.922. The fourth-order valence-electron chi connectivity index (χ4n) is 0.807. The Morgan fingerprint density at radius 2 is 2.13 bits per heavy atom. The predicted octanol–water partition coefficient (Wildman–Crippen LogP) is 4.55. The quantitative estimate of drug-likeness (QED) is 0.548. The number of aliphatic hydroxyl groups excluding tert-OH is 1. The maximum absolute atomic E-state index is 9.83. The Bertz CT molecular complexity index is 262. The molecule has 0 rings (SSSR count). The largest absolute Gasteiger partial charge is 0.391 e. The van der Waals surface area contributed by atoms with Crippen molar-refractivity contribution >= 4 is 55.1 Å². The van der Waals surface area contributed by atoms with Crippen molar-refractivity contribution in [2.45, 2.75) is 30.7 Å². The highest BCUT2D eigenvalue weighted by Gasteiger charge is 2.28. The molecule has 0 heterocycles. The smallest absolute Gasteiger partial charge is 0.0736 e. The minimum Gasteiger partial charge on any atom is -0.391 e. The van der Waals surface area contributed by atoms with E-state index in [1.807, 2.05) is 19.9 Å². The van der Waals surface area contributed by atoms with Crippen LogP contribution in [0, 0.1) is 0 Å². The van der Waals surface area contributed by atoms with Crippen LogP contribution >= 0.6 is 55.1 Å². The SMILES string of the molecule is CC(=CCC(O)C(C)(Br)CCl)C(Cl)=CBr. The van der Waals surface area contributed by atoms with Crippen LogP contribution in [-0.2, 0) is 0 Å². The third kappa shape index (κ3) is 5.73. The van der Waals surface area contributed by atoms with Crippen molar-refractivity contribution in [1.82, 2.24) is 0 Å². The van der Waals surface area contributed by atoms with Crippen molar-refractivity contribution < 1.29 is 5.11 Å². The Morgan fingerprint density at radius 3 is 2.53 bits per heavy atom. The van der Waals surface area contributed by atoms with E-state index in [9.17, 15) is 5.11 Å². The van der Waals surface area contributed by atoms with Gasteiger partial charge in [-0.15, -0.1) is 11.6 Å². The van der Waals surface area contributed by atoms with Gasteiger partial charge in [0.25, 0.3) is 0 Å². The first-order valence-corrected chi connectivity index (χ1v) is 7.03. The minimum atomic E-state index is -0.537. The average molecular weight is 381 g/mol. The molecule has 1 N–H and O–H groups in total. The van der Waals surface area contributed by atoms with E-state index in [1.165, 1.54) is 0 Å². The van der Waals surface area contributed by atoms with Gasteiger partial charge < -0.3 is 5.11 Å². The molecule has 0 saturated heterocycles. The molecule has 0 aliphatic carbocycles. The zero-order valence-corrected chi connectivity index (χ0v) is 13.3. The Kier molecular flexibility index (Phi) is 7.81. The molecule has 0 aliphatic heterocycles. The standard InChI is InChI=1S/C10H14Br2Cl2O/c1-7(8(14)5-11)3-4-9(15)10(2,12)6-13/h3,5,9,15H,4,6H2,1-2H3. The lowest BCUT2D eigenvalue weighted by atomic mass is 10.0. The van der Waals surface area contributed by atoms with Crippen LogP contribution in [-0.4, -0.2) is 21.4 Å². The summed E-state index contributed by atoms with van der Waals surface area (Å²) >= 11 is 18.1. The third-order valence-electron chi connectivity index (χ3n) is 2.08. The van der Waals surface area contributed by atoms with Crippen molar-refractivity contribution in [3.63, 3.8) is 0 Å². The molecular formula is C10H14Br2Cl2O. The first-order valence-electron chi connectivity index (χ1n) is 4.41. The van der Waals surface area contributed by atoms with Crippen LogP contribution < -0.4 is 0 Å². The maximum Gasteiger partial charge on any atom is 0.0736 e. The van der Waals surface area contributed by atoms with E-state index in [2.05, 4.69) is 31.9 Å². The molecule has 0 bridgehead atoms. The normalized spacial score (nSPS) is 19.9. The molecule has 2 atom stereocenters. The highest BCUT2D eigenvalue weighted by atomic mass is 79.9. The summed E-state index contributed by atoms with van der Waals surface area (Å²) in [5, 5.41) is 10.5. The second-order valence-electron chi connectivity index (χ2n) is 3.51. The summed E-state index contributed by atoms with van der Waals surface area (Å²) in [5.74, 6) is 0.350. The molecule has 5 heteroatoms. The van der Waals surface area contributed by atoms with Crippen LogP contribution in [0.15, 0.2) is 21.7 Å². The number of hydrogen-bond donors (Lipinski definition) is 1. The van der Waals surface area contributed by atoms with E-state index in [4.69, 9.17) is 23.2 Å². The number of hydrogen-bond acceptors (Lipinski definition) is 1. The van der Waals surface area contributed by atoms with Crippen LogP contribution in [0.4, 0.5) is 0 Å². The minimum absolute atomic E-state index is 0.350. The van der Waals surface area contributed by atoms with Gasteiger partial charge in [0.2, 0.25) is 0 Å². The number of allylic oxidation sites excluding steroid dienone is 2. The van der Waals surface area contributed by atoms with Gasteiger partial charge in [-0.05, 0) is 25.8 Å². The van der Waals surface area contributed by atoms with Crippen LogP contribution in [0.3, 0.4) is 0 Å². The number of aliphatic hydroxyl groups is 1. The van der Waals surface area contributed by atoms with Crippen LogP contribution in [0.2, 0.25) is 0 Å². The topological polar surface area (TPSA) is 20.2 Å². The van der Waals surface area contributed by atoms with E-state index in [0.29, 0.717) is 17.3 Å². The number of alkyl halides is 2. The fraction of sp³-hybridized carbons (Fsp3) is 0.600. The molecule has 0 saturated carbocycles. The van der Waals surface area contributed by atoms with E-state index in [0.717, 1.165) is 5.57 Å². The highest BCUT2D eigenvalue weighted by molar-refractivity contribution is 9.11. The molecule has 0 amide bonds. The molecule has 1 nitrogen and oxygen atoms in total. The van der Waals surface area contributed by atoms with Gasteiger partial charge in [0, 0.05) is 10.9 Å². The van der Waals surface area contributed by atoms with E-state index < -0.39 is 10.4 Å². The summed E-state index contributed by atoms with van der Waals surface area (Å²) < 4.78 is -0.462. The van der Waals surface area contributed by atoms with Crippen LogP contribution in [0.25, 0.3) is 0 Å². The zero-order chi connectivity index (χ0) is 12.1. The Hall–Kier alpha value is 0.980. The third-order valence-corrected chi connectivity index (χ3v) is 4.89. The summed E-state index contributed by atoms with van der Waals surface area (Å²) in [4.78, 5) is 1.64. The van der Waals surface area contributed by atoms with Crippen molar-refractivity contribution in [3.8, 4) is 0 Å². The first kappa shape index (κ1) is 16.0. The zero-order valence-electron chi connectivity index (χ0n) is 8.61. The molecule has 0 aromatic rings. The molecule has 0 spiro atoms. The Balaban J connectivity index is 4.39. The Morgan fingerprint density at radius 1 is 1.60 bits per heavy atom. The van der Waals surface area contributed by atoms with Crippen molar-refractivity contribution in [3.05, 3.63) is 21.7 Å². The number of rotatable bonds is 5. The van der Waals surface area contributed by atoms with Gasteiger partial charge in [0.1, 0.15) is 0 Å². The second-order valence-corrected chi connectivity index (χ2v) is 6.45. The second kappa shape index (κ2) is 7.33. The van der Waals surface area contributed by atoms with E-state index >= 15 is 0 Å². The molecule has 88 valence electrons. The van der Waals surface area contributed by atoms with Gasteiger partial charge in [0.05, 0.1) is 15.5 Å². The van der Waals surface area contributed by atoms with E-state index in [-0.39, 0.29) is 0 Å². The summed E-state index contributed by atoms with van der Waals surface area (Å²) in [6.45, 7) is 3.74. The average Bonchev–Trinajstić information content (AvgIpc) is 2.23. The predicted molar refractivity (Wildman–Crippen MR) is 75.3 cm³/mol. The molecule has 0 fully saturated rings. The highest BCUT2D eigenvalue weighted by Crippen LogP contribution is 2.27. The van der Waals surface area contributed by atoms with Gasteiger partial charge in [-0.1, -0.05) is 49.5 Å². The van der Waals surface area contributed by atoms with Gasteiger partial charge in [-0.3, -0.25) is 0 Å². The Labute approximate surface area is 118 Å². The van der Waals surface area contributed by atoms with Gasteiger partial charge in [-0.25, -0.2) is 0 Å². The van der Waals surface area contributed by atoms with Crippen molar-refractivity contribution in [2.24, 2.45) is 0 Å². The van der Waals surface area contributed by atoms with E-state index in [1.54, 1.807) is 4.99 Å². The lowest BCUT2D eigenvalue weighted by Gasteiger charge is -2.25. The lowest BCUT2D eigenvalue weighted by molar-refractivity contribution is 0.149. The van der Waals surface area contributed by atoms with Crippen LogP contribution in [0.1, 0.15) is 20.3 Å². The number of halogens is 4. The monoisotopic (exact) mass is 378 g/mol. The van der Waals surface area contributed by atoms with Gasteiger partial charge >= 0.3 is 0 Å². The summed E-state index contributed by atoms with van der Waals surface area (Å²) in [6.07, 6.45) is 1.86. The van der Waals surface area contributed by atoms with Crippen molar-refractivity contribution in [1.29, 1.82) is 0 Å². The molecule has 15 heavy (non-hydrogen) atoms.